The summed E-state index contributed by atoms with van der Waals surface area (Å²) < 4.78 is 24.1. The lowest BCUT2D eigenvalue weighted by molar-refractivity contribution is -0.192. The van der Waals surface area contributed by atoms with E-state index in [-0.39, 0.29) is 18.4 Å². The molecular weight excluding hydrogens is 450 g/mol. The predicted octanol–water partition coefficient (Wildman–Crippen LogP) is 6.09. The van der Waals surface area contributed by atoms with E-state index in [2.05, 4.69) is 60.4 Å². The highest BCUT2D eigenvalue weighted by molar-refractivity contribution is 5.43. The third-order valence-corrected chi connectivity index (χ3v) is 6.33. The lowest BCUT2D eigenvalue weighted by Crippen LogP contribution is -2.40. The predicted molar refractivity (Wildman–Crippen MR) is 144 cm³/mol. The van der Waals surface area contributed by atoms with Gasteiger partial charge in [-0.2, -0.15) is 0 Å². The van der Waals surface area contributed by atoms with Crippen molar-refractivity contribution in [1.29, 1.82) is 0 Å². The first kappa shape index (κ1) is 26.0. The fourth-order valence-electron chi connectivity index (χ4n) is 4.46. The smallest absolute Gasteiger partial charge is 0.161 e. The van der Waals surface area contributed by atoms with Crippen LogP contribution in [0.5, 0.6) is 11.5 Å². The number of benzene rings is 3. The summed E-state index contributed by atoms with van der Waals surface area (Å²) in [7, 11) is 1.66. The van der Waals surface area contributed by atoms with E-state index in [9.17, 15) is 0 Å². The highest BCUT2D eigenvalue weighted by Crippen LogP contribution is 2.29. The quantitative estimate of drug-likeness (QED) is 0.296. The lowest BCUT2D eigenvalue weighted by atomic mass is 9.98. The van der Waals surface area contributed by atoms with Gasteiger partial charge >= 0.3 is 0 Å². The van der Waals surface area contributed by atoms with Gasteiger partial charge in [-0.15, -0.1) is 6.58 Å². The zero-order chi connectivity index (χ0) is 25.0. The Morgan fingerprint density at radius 1 is 0.972 bits per heavy atom. The topological polar surface area (TPSA) is 49.0 Å². The van der Waals surface area contributed by atoms with Gasteiger partial charge in [0.05, 0.1) is 13.2 Å². The maximum absolute atomic E-state index is 6.41. The molecule has 1 heterocycles. The van der Waals surface area contributed by atoms with Crippen LogP contribution in [0.2, 0.25) is 0 Å². The van der Waals surface area contributed by atoms with Crippen molar-refractivity contribution in [3.63, 3.8) is 0 Å². The molecule has 0 amide bonds. The number of hydrogen-bond donors (Lipinski definition) is 1. The van der Waals surface area contributed by atoms with E-state index in [1.807, 2.05) is 36.4 Å². The summed E-state index contributed by atoms with van der Waals surface area (Å²) >= 11 is 0. The molecule has 5 nitrogen and oxygen atoms in total. The van der Waals surface area contributed by atoms with Gasteiger partial charge in [-0.1, -0.05) is 72.8 Å². The molecule has 3 aromatic rings. The highest BCUT2D eigenvalue weighted by Gasteiger charge is 2.23. The molecule has 0 saturated carbocycles. The minimum Gasteiger partial charge on any atom is -0.493 e. The van der Waals surface area contributed by atoms with Crippen LogP contribution in [0.3, 0.4) is 0 Å². The zero-order valence-electron chi connectivity index (χ0n) is 21.1. The van der Waals surface area contributed by atoms with E-state index in [4.69, 9.17) is 18.9 Å². The molecule has 4 rings (SSSR count). The molecule has 1 saturated heterocycles. The molecule has 1 aliphatic rings. The van der Waals surface area contributed by atoms with Crippen molar-refractivity contribution in [2.75, 3.05) is 26.9 Å². The minimum atomic E-state index is -0.210. The number of methoxy groups -OCH3 is 1. The fourth-order valence-corrected chi connectivity index (χ4v) is 4.46. The third-order valence-electron chi connectivity index (χ3n) is 6.33. The van der Waals surface area contributed by atoms with Crippen LogP contribution in [0.15, 0.2) is 91.5 Å². The van der Waals surface area contributed by atoms with E-state index in [0.717, 1.165) is 37.9 Å². The van der Waals surface area contributed by atoms with Crippen LogP contribution in [-0.2, 0) is 15.9 Å². The second kappa shape index (κ2) is 13.8. The van der Waals surface area contributed by atoms with Gasteiger partial charge in [-0.25, -0.2) is 0 Å². The van der Waals surface area contributed by atoms with Crippen LogP contribution in [0.1, 0.15) is 42.0 Å². The van der Waals surface area contributed by atoms with Gasteiger partial charge in [0.2, 0.25) is 0 Å². The maximum atomic E-state index is 6.41. The Morgan fingerprint density at radius 3 is 2.31 bits per heavy atom. The first-order valence-electron chi connectivity index (χ1n) is 12.8. The first-order valence-corrected chi connectivity index (χ1v) is 12.8. The zero-order valence-corrected chi connectivity index (χ0v) is 21.1. The van der Waals surface area contributed by atoms with Gasteiger partial charge in [0.15, 0.2) is 17.8 Å². The van der Waals surface area contributed by atoms with Gasteiger partial charge in [0.25, 0.3) is 0 Å². The Hall–Kier alpha value is -3.12. The van der Waals surface area contributed by atoms with Crippen LogP contribution >= 0.6 is 0 Å². The van der Waals surface area contributed by atoms with Crippen molar-refractivity contribution in [2.45, 2.75) is 44.1 Å². The SMILES string of the molecule is C=CCc1ccc(OCC(CNC(c2ccccc2)c2ccccc2)OC2CCCCO2)c(OC)c1. The number of allylic oxidation sites excluding steroid dienone is 1. The van der Waals surface area contributed by atoms with Gasteiger partial charge in [0, 0.05) is 13.2 Å². The second-order valence-electron chi connectivity index (χ2n) is 9.01. The highest BCUT2D eigenvalue weighted by atomic mass is 16.7. The molecule has 0 aromatic heterocycles. The molecule has 1 N–H and O–H groups in total. The van der Waals surface area contributed by atoms with E-state index in [0.29, 0.717) is 24.7 Å². The van der Waals surface area contributed by atoms with Gasteiger partial charge in [-0.05, 0) is 54.5 Å². The number of rotatable bonds is 13. The van der Waals surface area contributed by atoms with Crippen LogP contribution in [0, 0.1) is 0 Å². The summed E-state index contributed by atoms with van der Waals surface area (Å²) in [5.41, 5.74) is 3.54. The number of ether oxygens (including phenoxy) is 4. The summed E-state index contributed by atoms with van der Waals surface area (Å²) in [6.07, 6.45) is 5.34. The summed E-state index contributed by atoms with van der Waals surface area (Å²) in [6, 6.07) is 27.0. The Labute approximate surface area is 215 Å². The Morgan fingerprint density at radius 2 is 1.69 bits per heavy atom. The van der Waals surface area contributed by atoms with Crippen molar-refractivity contribution < 1.29 is 18.9 Å². The van der Waals surface area contributed by atoms with Gasteiger partial charge in [-0.3, -0.25) is 0 Å². The van der Waals surface area contributed by atoms with Crippen LogP contribution in [-0.4, -0.2) is 39.3 Å². The lowest BCUT2D eigenvalue weighted by Gasteiger charge is -2.29. The summed E-state index contributed by atoms with van der Waals surface area (Å²) in [6.45, 7) is 5.53. The monoisotopic (exact) mass is 487 g/mol. The van der Waals surface area contributed by atoms with Crippen LogP contribution in [0.4, 0.5) is 0 Å². The molecular formula is C31H37NO4. The number of nitrogens with one attached hydrogen (secondary N) is 1. The van der Waals surface area contributed by atoms with E-state index < -0.39 is 0 Å². The average Bonchev–Trinajstić information content (AvgIpc) is 2.94. The molecule has 1 fully saturated rings. The molecule has 36 heavy (non-hydrogen) atoms. The standard InChI is InChI=1S/C31H37NO4/c1-3-12-24-18-19-28(29(21-24)33-2)35-23-27(36-30-17-10-11-20-34-30)22-32-31(25-13-6-4-7-14-25)26-15-8-5-9-16-26/h3-9,13-16,18-19,21,27,30-32H,1,10-12,17,20,22-23H2,2H3. The van der Waals surface area contributed by atoms with Gasteiger partial charge < -0.3 is 24.3 Å². The average molecular weight is 488 g/mol. The van der Waals surface area contributed by atoms with Crippen molar-refractivity contribution in [2.24, 2.45) is 0 Å². The summed E-state index contributed by atoms with van der Waals surface area (Å²) in [4.78, 5) is 0. The Balaban J connectivity index is 1.48. The van der Waals surface area contributed by atoms with Crippen molar-refractivity contribution in [3.8, 4) is 11.5 Å². The van der Waals surface area contributed by atoms with Gasteiger partial charge in [0.1, 0.15) is 12.7 Å². The molecule has 0 radical (unpaired) electrons. The Kier molecular flexibility index (Phi) is 9.97. The molecule has 0 spiro atoms. The molecule has 0 bridgehead atoms. The van der Waals surface area contributed by atoms with Crippen LogP contribution < -0.4 is 14.8 Å². The maximum Gasteiger partial charge on any atom is 0.161 e. The fraction of sp³-hybridized carbons (Fsp3) is 0.355. The molecule has 0 aliphatic carbocycles. The summed E-state index contributed by atoms with van der Waals surface area (Å²) in [5.74, 6) is 1.41. The van der Waals surface area contributed by atoms with E-state index >= 15 is 0 Å². The van der Waals surface area contributed by atoms with Crippen molar-refractivity contribution in [3.05, 3.63) is 108 Å². The normalized spacial score (nSPS) is 16.4. The number of hydrogen-bond acceptors (Lipinski definition) is 5. The van der Waals surface area contributed by atoms with Crippen molar-refractivity contribution >= 4 is 0 Å². The second-order valence-corrected chi connectivity index (χ2v) is 9.01. The van der Waals surface area contributed by atoms with E-state index in [1.165, 1.54) is 11.1 Å². The molecule has 2 atom stereocenters. The molecule has 5 heteroatoms. The first-order chi connectivity index (χ1) is 17.8. The molecule has 1 aliphatic heterocycles. The van der Waals surface area contributed by atoms with E-state index in [1.54, 1.807) is 7.11 Å². The third kappa shape index (κ3) is 7.44. The summed E-state index contributed by atoms with van der Waals surface area (Å²) in [5, 5.41) is 3.73. The molecule has 2 unspecified atom stereocenters. The van der Waals surface area contributed by atoms with Crippen molar-refractivity contribution in [1.82, 2.24) is 5.32 Å². The largest absolute Gasteiger partial charge is 0.493 e. The minimum absolute atomic E-state index is 0.0403. The Bertz CT molecular complexity index is 1010. The van der Waals surface area contributed by atoms with Crippen LogP contribution in [0.25, 0.3) is 0 Å². The molecule has 190 valence electrons. The molecule has 3 aromatic carbocycles.